The quantitative estimate of drug-likeness (QED) is 0.517. The van der Waals surface area contributed by atoms with Crippen LogP contribution in [0.5, 0.6) is 0 Å². The second-order valence-electron chi connectivity index (χ2n) is 5.90. The molecule has 3 heteroatoms. The number of benzene rings is 2. The van der Waals surface area contributed by atoms with Gasteiger partial charge in [0.25, 0.3) is 0 Å². The summed E-state index contributed by atoms with van der Waals surface area (Å²) < 4.78 is 0. The van der Waals surface area contributed by atoms with E-state index in [4.69, 9.17) is 0 Å². The molecule has 1 heterocycles. The van der Waals surface area contributed by atoms with Crippen molar-refractivity contribution in [2.75, 3.05) is 5.32 Å². The molecule has 25 heavy (non-hydrogen) atoms. The average molecular weight is 328 g/mol. The first-order valence-corrected chi connectivity index (χ1v) is 8.23. The summed E-state index contributed by atoms with van der Waals surface area (Å²) >= 11 is 0. The van der Waals surface area contributed by atoms with Gasteiger partial charge in [-0.05, 0) is 48.4 Å². The second-order valence-corrected chi connectivity index (χ2v) is 5.90. The maximum absolute atomic E-state index is 12.1. The highest BCUT2D eigenvalue weighted by atomic mass is 16.1. The molecule has 1 aromatic heterocycles. The average Bonchev–Trinajstić information content (AvgIpc) is 2.67. The number of pyridine rings is 1. The Labute approximate surface area is 148 Å². The first-order valence-electron chi connectivity index (χ1n) is 8.23. The van der Waals surface area contributed by atoms with Gasteiger partial charge in [0.05, 0.1) is 0 Å². The Morgan fingerprint density at radius 2 is 1.92 bits per heavy atom. The third-order valence-electron chi connectivity index (χ3n) is 3.88. The number of anilines is 1. The molecule has 0 saturated heterocycles. The monoisotopic (exact) mass is 328 g/mol. The van der Waals surface area contributed by atoms with Gasteiger partial charge in [-0.2, -0.15) is 0 Å². The van der Waals surface area contributed by atoms with E-state index in [9.17, 15) is 4.79 Å². The van der Waals surface area contributed by atoms with Gasteiger partial charge in [0, 0.05) is 30.2 Å². The number of rotatable bonds is 6. The van der Waals surface area contributed by atoms with Crippen molar-refractivity contribution in [1.82, 2.24) is 4.98 Å². The second kappa shape index (κ2) is 8.06. The van der Waals surface area contributed by atoms with Crippen LogP contribution in [0.3, 0.4) is 0 Å². The van der Waals surface area contributed by atoms with Gasteiger partial charge in [-0.1, -0.05) is 48.0 Å². The van der Waals surface area contributed by atoms with Crippen LogP contribution in [0.1, 0.15) is 27.0 Å². The largest absolute Gasteiger partial charge is 0.381 e. The van der Waals surface area contributed by atoms with Gasteiger partial charge in [0.1, 0.15) is 0 Å². The lowest BCUT2D eigenvalue weighted by Gasteiger charge is -2.07. The van der Waals surface area contributed by atoms with E-state index < -0.39 is 0 Å². The third kappa shape index (κ3) is 4.88. The fourth-order valence-corrected chi connectivity index (χ4v) is 2.44. The van der Waals surface area contributed by atoms with Crippen LogP contribution in [0.15, 0.2) is 79.1 Å². The minimum atomic E-state index is -0.0499. The summed E-state index contributed by atoms with van der Waals surface area (Å²) in [6, 6.07) is 20.0. The molecule has 0 aliphatic heterocycles. The number of aromatic nitrogens is 1. The van der Waals surface area contributed by atoms with E-state index in [0.717, 1.165) is 17.8 Å². The highest BCUT2D eigenvalue weighted by Gasteiger charge is 2.01. The van der Waals surface area contributed by atoms with E-state index in [1.54, 1.807) is 30.6 Å². The van der Waals surface area contributed by atoms with Crippen molar-refractivity contribution in [2.24, 2.45) is 0 Å². The standard InChI is InChI=1S/C22H20N2O/c1-17-7-9-19(10-8-17)15-24-21-6-2-4-18(14-21)11-12-22(25)20-5-3-13-23-16-20/h2-14,16,24H,15H2,1H3/b12-11+. The lowest BCUT2D eigenvalue weighted by molar-refractivity contribution is 0.104. The van der Waals surface area contributed by atoms with Gasteiger partial charge in [-0.15, -0.1) is 0 Å². The van der Waals surface area contributed by atoms with Gasteiger partial charge < -0.3 is 5.32 Å². The molecule has 3 aromatic rings. The fraction of sp³-hybridized carbons (Fsp3) is 0.0909. The van der Waals surface area contributed by atoms with Crippen molar-refractivity contribution >= 4 is 17.5 Å². The number of hydrogen-bond donors (Lipinski definition) is 1. The van der Waals surface area contributed by atoms with Crippen LogP contribution in [0, 0.1) is 6.92 Å². The molecule has 3 rings (SSSR count). The molecule has 0 saturated carbocycles. The highest BCUT2D eigenvalue weighted by Crippen LogP contribution is 2.14. The Morgan fingerprint density at radius 1 is 1.08 bits per heavy atom. The Hall–Kier alpha value is -3.20. The lowest BCUT2D eigenvalue weighted by Crippen LogP contribution is -1.99. The van der Waals surface area contributed by atoms with E-state index in [1.165, 1.54) is 11.1 Å². The molecular weight excluding hydrogens is 308 g/mol. The molecule has 124 valence electrons. The summed E-state index contributed by atoms with van der Waals surface area (Å²) in [7, 11) is 0. The first kappa shape index (κ1) is 16.7. The maximum atomic E-state index is 12.1. The van der Waals surface area contributed by atoms with E-state index in [1.807, 2.05) is 30.3 Å². The number of nitrogens with one attached hydrogen (secondary N) is 1. The van der Waals surface area contributed by atoms with Crippen molar-refractivity contribution in [3.63, 3.8) is 0 Å². The Morgan fingerprint density at radius 3 is 2.68 bits per heavy atom. The number of carbonyl (C=O) groups excluding carboxylic acids is 1. The Bertz CT molecular complexity index is 868. The van der Waals surface area contributed by atoms with E-state index >= 15 is 0 Å². The summed E-state index contributed by atoms with van der Waals surface area (Å²) in [5, 5.41) is 3.41. The summed E-state index contributed by atoms with van der Waals surface area (Å²) in [5.41, 5.74) is 5.09. The Balaban J connectivity index is 1.64. The van der Waals surface area contributed by atoms with Gasteiger partial charge >= 0.3 is 0 Å². The van der Waals surface area contributed by atoms with E-state index in [0.29, 0.717) is 5.56 Å². The Kier molecular flexibility index (Phi) is 5.37. The van der Waals surface area contributed by atoms with Crippen LogP contribution in [-0.2, 0) is 6.54 Å². The fourth-order valence-electron chi connectivity index (χ4n) is 2.44. The third-order valence-corrected chi connectivity index (χ3v) is 3.88. The van der Waals surface area contributed by atoms with Gasteiger partial charge in [0.2, 0.25) is 0 Å². The lowest BCUT2D eigenvalue weighted by atomic mass is 10.1. The molecule has 0 aliphatic carbocycles. The molecule has 3 nitrogen and oxygen atoms in total. The molecule has 0 amide bonds. The highest BCUT2D eigenvalue weighted by molar-refractivity contribution is 6.06. The van der Waals surface area contributed by atoms with Crippen molar-refractivity contribution in [1.29, 1.82) is 0 Å². The van der Waals surface area contributed by atoms with Crippen LogP contribution < -0.4 is 5.32 Å². The molecule has 0 radical (unpaired) electrons. The number of nitrogens with zero attached hydrogens (tertiary/aromatic N) is 1. The van der Waals surface area contributed by atoms with Crippen molar-refractivity contribution in [3.05, 3.63) is 101 Å². The number of carbonyl (C=O) groups is 1. The minimum absolute atomic E-state index is 0.0499. The zero-order valence-corrected chi connectivity index (χ0v) is 14.1. The zero-order chi connectivity index (χ0) is 17.5. The molecular formula is C22H20N2O. The summed E-state index contributed by atoms with van der Waals surface area (Å²) in [4.78, 5) is 16.1. The number of aryl methyl sites for hydroxylation is 1. The van der Waals surface area contributed by atoms with Crippen molar-refractivity contribution < 1.29 is 4.79 Å². The maximum Gasteiger partial charge on any atom is 0.187 e. The number of ketones is 1. The van der Waals surface area contributed by atoms with Crippen LogP contribution in [0.25, 0.3) is 6.08 Å². The molecule has 0 bridgehead atoms. The van der Waals surface area contributed by atoms with Gasteiger partial charge in [-0.3, -0.25) is 9.78 Å². The van der Waals surface area contributed by atoms with Crippen LogP contribution in [0.4, 0.5) is 5.69 Å². The predicted octanol–water partition coefficient (Wildman–Crippen LogP) is 4.90. The minimum Gasteiger partial charge on any atom is -0.381 e. The molecule has 0 aliphatic rings. The smallest absolute Gasteiger partial charge is 0.187 e. The van der Waals surface area contributed by atoms with Crippen molar-refractivity contribution in [3.8, 4) is 0 Å². The number of hydrogen-bond acceptors (Lipinski definition) is 3. The summed E-state index contributed by atoms with van der Waals surface area (Å²) in [6.07, 6.45) is 6.64. The zero-order valence-electron chi connectivity index (χ0n) is 14.1. The van der Waals surface area contributed by atoms with Gasteiger partial charge in [-0.25, -0.2) is 0 Å². The van der Waals surface area contributed by atoms with Crippen molar-refractivity contribution in [2.45, 2.75) is 13.5 Å². The molecule has 2 aromatic carbocycles. The van der Waals surface area contributed by atoms with Crippen LogP contribution in [-0.4, -0.2) is 10.8 Å². The summed E-state index contributed by atoms with van der Waals surface area (Å²) in [5.74, 6) is -0.0499. The van der Waals surface area contributed by atoms with Crippen LogP contribution in [0.2, 0.25) is 0 Å². The molecule has 0 fully saturated rings. The SMILES string of the molecule is Cc1ccc(CNc2cccc(/C=C/C(=O)c3cccnc3)c2)cc1. The molecule has 1 N–H and O–H groups in total. The molecule has 0 spiro atoms. The predicted molar refractivity (Wildman–Crippen MR) is 103 cm³/mol. The van der Waals surface area contributed by atoms with Crippen LogP contribution >= 0.6 is 0 Å². The topological polar surface area (TPSA) is 42.0 Å². The van der Waals surface area contributed by atoms with E-state index in [-0.39, 0.29) is 5.78 Å². The summed E-state index contributed by atoms with van der Waals surface area (Å²) in [6.45, 7) is 2.85. The molecule has 0 unspecified atom stereocenters. The normalized spacial score (nSPS) is 10.8. The number of allylic oxidation sites excluding steroid dienone is 1. The van der Waals surface area contributed by atoms with Gasteiger partial charge in [0.15, 0.2) is 5.78 Å². The first-order chi connectivity index (χ1) is 12.2. The molecule has 0 atom stereocenters. The van der Waals surface area contributed by atoms with E-state index in [2.05, 4.69) is 41.5 Å².